The molecule has 0 amide bonds. The second-order valence-electron chi connectivity index (χ2n) is 2.31. The third-order valence-electron chi connectivity index (χ3n) is 1.64. The third kappa shape index (κ3) is 0.992. The highest BCUT2D eigenvalue weighted by Gasteiger charge is 2.19. The van der Waals surface area contributed by atoms with Gasteiger partial charge in [-0.2, -0.15) is 0 Å². The number of fused-ring (bicyclic) bond motifs is 1. The summed E-state index contributed by atoms with van der Waals surface area (Å²) in [6, 6.07) is 3.52. The minimum absolute atomic E-state index is 0.187. The van der Waals surface area contributed by atoms with Crippen molar-refractivity contribution in [1.29, 1.82) is 0 Å². The van der Waals surface area contributed by atoms with Crippen molar-refractivity contribution < 1.29 is 14.3 Å². The lowest BCUT2D eigenvalue weighted by Crippen LogP contribution is -1.94. The van der Waals surface area contributed by atoms with Gasteiger partial charge in [0.25, 0.3) is 0 Å². The first-order valence-corrected chi connectivity index (χ1v) is 4.15. The largest absolute Gasteiger partial charge is 0.454 e. The van der Waals surface area contributed by atoms with Crippen LogP contribution in [-0.4, -0.2) is 13.1 Å². The van der Waals surface area contributed by atoms with Crippen LogP contribution in [0.5, 0.6) is 11.5 Å². The maximum Gasteiger partial charge on any atom is 0.231 e. The van der Waals surface area contributed by atoms with Gasteiger partial charge in [0.05, 0.1) is 5.56 Å². The van der Waals surface area contributed by atoms with E-state index in [-0.39, 0.29) is 6.79 Å². The zero-order valence-electron chi connectivity index (χ0n) is 6.04. The SMILES string of the molecule is O=Cc1c(Br)ccc2c1OCO2. The van der Waals surface area contributed by atoms with Gasteiger partial charge in [-0.1, -0.05) is 0 Å². The quantitative estimate of drug-likeness (QED) is 0.690. The number of carbonyl (C=O) groups is 1. The molecule has 1 aliphatic rings. The summed E-state index contributed by atoms with van der Waals surface area (Å²) < 4.78 is 10.9. The van der Waals surface area contributed by atoms with E-state index in [9.17, 15) is 4.79 Å². The highest BCUT2D eigenvalue weighted by atomic mass is 79.9. The number of hydrogen-bond acceptors (Lipinski definition) is 3. The Hall–Kier alpha value is -1.03. The Morgan fingerprint density at radius 2 is 2.25 bits per heavy atom. The maximum atomic E-state index is 10.6. The van der Waals surface area contributed by atoms with E-state index in [4.69, 9.17) is 9.47 Å². The number of benzene rings is 1. The summed E-state index contributed by atoms with van der Waals surface area (Å²) >= 11 is 3.24. The van der Waals surface area contributed by atoms with Crippen LogP contribution >= 0.6 is 15.9 Å². The van der Waals surface area contributed by atoms with Crippen LogP contribution in [0.2, 0.25) is 0 Å². The van der Waals surface area contributed by atoms with Crippen LogP contribution in [0, 0.1) is 0 Å². The average molecular weight is 229 g/mol. The number of rotatable bonds is 1. The molecule has 1 aromatic rings. The molecule has 12 heavy (non-hydrogen) atoms. The van der Waals surface area contributed by atoms with Crippen LogP contribution in [0.25, 0.3) is 0 Å². The first kappa shape index (κ1) is 7.61. The van der Waals surface area contributed by atoms with Crippen LogP contribution in [0.1, 0.15) is 10.4 Å². The molecule has 0 radical (unpaired) electrons. The molecule has 4 heteroatoms. The van der Waals surface area contributed by atoms with Crippen molar-refractivity contribution in [2.24, 2.45) is 0 Å². The monoisotopic (exact) mass is 228 g/mol. The lowest BCUT2D eigenvalue weighted by atomic mass is 10.2. The molecule has 0 atom stereocenters. The Morgan fingerprint density at radius 3 is 3.00 bits per heavy atom. The lowest BCUT2D eigenvalue weighted by molar-refractivity contribution is 0.111. The lowest BCUT2D eigenvalue weighted by Gasteiger charge is -2.00. The van der Waals surface area contributed by atoms with E-state index in [1.807, 2.05) is 0 Å². The fourth-order valence-electron chi connectivity index (χ4n) is 1.08. The van der Waals surface area contributed by atoms with Gasteiger partial charge >= 0.3 is 0 Å². The van der Waals surface area contributed by atoms with Gasteiger partial charge in [-0.3, -0.25) is 4.79 Å². The molecular weight excluding hydrogens is 224 g/mol. The summed E-state index contributed by atoms with van der Waals surface area (Å²) in [5.74, 6) is 1.15. The summed E-state index contributed by atoms with van der Waals surface area (Å²) in [6.07, 6.45) is 0.748. The standard InChI is InChI=1S/C8H5BrO3/c9-6-1-2-7-8(5(6)3-10)12-4-11-7/h1-3H,4H2. The smallest absolute Gasteiger partial charge is 0.231 e. The number of carbonyl (C=O) groups excluding carboxylic acids is 1. The van der Waals surface area contributed by atoms with Crippen LogP contribution in [0.15, 0.2) is 16.6 Å². The maximum absolute atomic E-state index is 10.6. The minimum atomic E-state index is 0.187. The minimum Gasteiger partial charge on any atom is -0.454 e. The van der Waals surface area contributed by atoms with Gasteiger partial charge in [-0.15, -0.1) is 0 Å². The second-order valence-corrected chi connectivity index (χ2v) is 3.17. The van der Waals surface area contributed by atoms with Crippen molar-refractivity contribution in [2.45, 2.75) is 0 Å². The van der Waals surface area contributed by atoms with Gasteiger partial charge in [0, 0.05) is 4.47 Å². The highest BCUT2D eigenvalue weighted by molar-refractivity contribution is 9.10. The number of aldehydes is 1. The predicted molar refractivity (Wildman–Crippen MR) is 45.7 cm³/mol. The number of ether oxygens (including phenoxy) is 2. The van der Waals surface area contributed by atoms with Crippen molar-refractivity contribution in [1.82, 2.24) is 0 Å². The van der Waals surface area contributed by atoms with Crippen LogP contribution in [-0.2, 0) is 0 Å². The summed E-state index contributed by atoms with van der Waals surface area (Å²) in [5, 5.41) is 0. The second kappa shape index (κ2) is 2.79. The molecule has 0 unspecified atom stereocenters. The highest BCUT2D eigenvalue weighted by Crippen LogP contribution is 2.38. The van der Waals surface area contributed by atoms with Crippen molar-refractivity contribution in [3.05, 3.63) is 22.2 Å². The van der Waals surface area contributed by atoms with Crippen LogP contribution < -0.4 is 9.47 Å². The van der Waals surface area contributed by atoms with E-state index in [0.717, 1.165) is 10.8 Å². The summed E-state index contributed by atoms with van der Waals surface area (Å²) in [4.78, 5) is 10.6. The first-order chi connectivity index (χ1) is 5.83. The Bertz CT molecular complexity index is 335. The topological polar surface area (TPSA) is 35.5 Å². The van der Waals surface area contributed by atoms with E-state index < -0.39 is 0 Å². The normalized spacial score (nSPS) is 13.1. The average Bonchev–Trinajstić information content (AvgIpc) is 2.52. The van der Waals surface area contributed by atoms with Gasteiger partial charge in [0.15, 0.2) is 17.8 Å². The molecule has 0 N–H and O–H groups in total. The van der Waals surface area contributed by atoms with Crippen LogP contribution in [0.3, 0.4) is 0 Å². The Balaban J connectivity index is 2.65. The van der Waals surface area contributed by atoms with Gasteiger partial charge in [-0.25, -0.2) is 0 Å². The van der Waals surface area contributed by atoms with Gasteiger partial charge in [0.1, 0.15) is 0 Å². The van der Waals surface area contributed by atoms with Crippen molar-refractivity contribution in [3.63, 3.8) is 0 Å². The Labute approximate surface area is 77.4 Å². The molecule has 3 nitrogen and oxygen atoms in total. The molecule has 1 heterocycles. The molecule has 2 rings (SSSR count). The molecule has 0 spiro atoms. The molecule has 0 bridgehead atoms. The number of hydrogen-bond donors (Lipinski definition) is 0. The molecule has 0 aliphatic carbocycles. The Kier molecular flexibility index (Phi) is 1.77. The summed E-state index contributed by atoms with van der Waals surface area (Å²) in [6.45, 7) is 0.187. The molecular formula is C8H5BrO3. The van der Waals surface area contributed by atoms with Gasteiger partial charge < -0.3 is 9.47 Å². The van der Waals surface area contributed by atoms with E-state index in [1.54, 1.807) is 12.1 Å². The van der Waals surface area contributed by atoms with Crippen molar-refractivity contribution in [2.75, 3.05) is 6.79 Å². The predicted octanol–water partition coefficient (Wildman–Crippen LogP) is 1.99. The van der Waals surface area contributed by atoms with Gasteiger partial charge in [0.2, 0.25) is 6.79 Å². The first-order valence-electron chi connectivity index (χ1n) is 3.36. The van der Waals surface area contributed by atoms with Crippen molar-refractivity contribution >= 4 is 22.2 Å². The Morgan fingerprint density at radius 1 is 1.42 bits per heavy atom. The van der Waals surface area contributed by atoms with E-state index in [0.29, 0.717) is 17.1 Å². The summed E-state index contributed by atoms with van der Waals surface area (Å²) in [5.41, 5.74) is 0.505. The number of halogens is 1. The molecule has 0 fully saturated rings. The van der Waals surface area contributed by atoms with E-state index in [2.05, 4.69) is 15.9 Å². The molecule has 0 saturated carbocycles. The van der Waals surface area contributed by atoms with Crippen LogP contribution in [0.4, 0.5) is 0 Å². The van der Waals surface area contributed by atoms with E-state index >= 15 is 0 Å². The fourth-order valence-corrected chi connectivity index (χ4v) is 1.49. The van der Waals surface area contributed by atoms with Crippen molar-refractivity contribution in [3.8, 4) is 11.5 Å². The zero-order chi connectivity index (χ0) is 8.55. The molecule has 0 aromatic heterocycles. The molecule has 1 aromatic carbocycles. The third-order valence-corrected chi connectivity index (χ3v) is 2.33. The van der Waals surface area contributed by atoms with Gasteiger partial charge in [-0.05, 0) is 28.1 Å². The molecule has 1 aliphatic heterocycles. The van der Waals surface area contributed by atoms with E-state index in [1.165, 1.54) is 0 Å². The fraction of sp³-hybridized carbons (Fsp3) is 0.125. The molecule has 0 saturated heterocycles. The molecule has 62 valence electrons. The summed E-state index contributed by atoms with van der Waals surface area (Å²) in [7, 11) is 0. The zero-order valence-corrected chi connectivity index (χ0v) is 7.63.